The monoisotopic (exact) mass is 274 g/mol. The predicted octanol–water partition coefficient (Wildman–Crippen LogP) is 2.57. The Kier molecular flexibility index (Phi) is 5.11. The number of halogens is 1. The molecule has 0 fully saturated rings. The van der Waals surface area contributed by atoms with E-state index in [9.17, 15) is 9.18 Å². The molecular weight excluding hydrogens is 259 g/mol. The lowest BCUT2D eigenvalue weighted by Crippen LogP contribution is -2.32. The highest BCUT2D eigenvalue weighted by atomic mass is 19.1. The van der Waals surface area contributed by atoms with Gasteiger partial charge in [0.1, 0.15) is 17.5 Å². The molecule has 0 saturated heterocycles. The van der Waals surface area contributed by atoms with Gasteiger partial charge in [-0.05, 0) is 39.0 Å². The Morgan fingerprint density at radius 3 is 2.70 bits per heavy atom. The van der Waals surface area contributed by atoms with Gasteiger partial charge in [0, 0.05) is 5.56 Å². The molecule has 0 saturated carbocycles. The molecule has 0 aliphatic carbocycles. The Balaban J connectivity index is 2.54. The average molecular weight is 274 g/mol. The number of hydrogen-bond acceptors (Lipinski definition) is 3. The Labute approximate surface area is 117 Å². The molecule has 1 rings (SSSR count). The lowest BCUT2D eigenvalue weighted by molar-refractivity contribution is 0.0535. The van der Waals surface area contributed by atoms with Gasteiger partial charge in [0.05, 0.1) is 12.1 Å². The fourth-order valence-corrected chi connectivity index (χ4v) is 1.26. The third-order valence-electron chi connectivity index (χ3n) is 2.04. The van der Waals surface area contributed by atoms with Gasteiger partial charge >= 0.3 is 6.09 Å². The van der Waals surface area contributed by atoms with E-state index >= 15 is 0 Å². The van der Waals surface area contributed by atoms with Crippen LogP contribution in [0.1, 0.15) is 31.9 Å². The first-order valence-corrected chi connectivity index (χ1v) is 5.97. The van der Waals surface area contributed by atoms with Crippen molar-refractivity contribution in [1.29, 1.82) is 5.26 Å². The van der Waals surface area contributed by atoms with E-state index < -0.39 is 17.5 Å². The molecule has 0 radical (unpaired) electrons. The summed E-state index contributed by atoms with van der Waals surface area (Å²) in [7, 11) is 0. The van der Waals surface area contributed by atoms with Crippen LogP contribution in [0.2, 0.25) is 0 Å². The van der Waals surface area contributed by atoms with E-state index in [-0.39, 0.29) is 12.1 Å². The number of nitrogens with one attached hydrogen (secondary N) is 1. The van der Waals surface area contributed by atoms with E-state index in [1.54, 1.807) is 32.9 Å². The van der Waals surface area contributed by atoms with E-state index in [1.807, 2.05) is 0 Å². The number of hydrogen-bond donors (Lipinski definition) is 1. The van der Waals surface area contributed by atoms with E-state index in [1.165, 1.54) is 12.1 Å². The number of nitrogens with zero attached hydrogens (tertiary/aromatic N) is 1. The lowest BCUT2D eigenvalue weighted by atomic mass is 10.1. The molecule has 1 amide bonds. The summed E-state index contributed by atoms with van der Waals surface area (Å²) in [6.07, 6.45) is -0.558. The van der Waals surface area contributed by atoms with Crippen LogP contribution in [0.4, 0.5) is 9.18 Å². The Bertz CT molecular complexity index is 601. The van der Waals surface area contributed by atoms with Crippen molar-refractivity contribution in [3.8, 4) is 17.9 Å². The van der Waals surface area contributed by atoms with Crippen molar-refractivity contribution >= 4 is 6.09 Å². The molecule has 0 aliphatic heterocycles. The molecule has 0 aliphatic rings. The molecule has 104 valence electrons. The number of nitriles is 1. The van der Waals surface area contributed by atoms with Crippen molar-refractivity contribution in [1.82, 2.24) is 5.32 Å². The second-order valence-electron chi connectivity index (χ2n) is 4.96. The Hall–Kier alpha value is -2.53. The molecule has 4 nitrogen and oxygen atoms in total. The molecule has 0 spiro atoms. The van der Waals surface area contributed by atoms with Crippen LogP contribution in [0.25, 0.3) is 0 Å². The zero-order valence-electron chi connectivity index (χ0n) is 11.6. The smallest absolute Gasteiger partial charge is 0.408 e. The van der Waals surface area contributed by atoms with Gasteiger partial charge in [-0.3, -0.25) is 0 Å². The maximum atomic E-state index is 13.3. The van der Waals surface area contributed by atoms with Crippen LogP contribution in [-0.4, -0.2) is 18.2 Å². The number of benzene rings is 1. The molecule has 0 heterocycles. The van der Waals surface area contributed by atoms with Crippen molar-refractivity contribution in [2.45, 2.75) is 26.4 Å². The SMILES string of the molecule is CC(C)(C)OC(=O)NCC#Cc1ccc(C#N)c(F)c1. The minimum Gasteiger partial charge on any atom is -0.444 e. The van der Waals surface area contributed by atoms with Gasteiger partial charge in [-0.15, -0.1) is 0 Å². The van der Waals surface area contributed by atoms with Crippen LogP contribution < -0.4 is 5.32 Å². The van der Waals surface area contributed by atoms with Crippen molar-refractivity contribution in [3.63, 3.8) is 0 Å². The molecule has 0 atom stereocenters. The number of ether oxygens (including phenoxy) is 1. The van der Waals surface area contributed by atoms with Crippen molar-refractivity contribution in [2.24, 2.45) is 0 Å². The first-order chi connectivity index (χ1) is 9.31. The second-order valence-corrected chi connectivity index (χ2v) is 4.96. The van der Waals surface area contributed by atoms with E-state index in [2.05, 4.69) is 17.2 Å². The number of rotatable bonds is 1. The summed E-state index contributed by atoms with van der Waals surface area (Å²) in [5.41, 5.74) is -0.150. The van der Waals surface area contributed by atoms with E-state index in [0.717, 1.165) is 0 Å². The zero-order chi connectivity index (χ0) is 15.2. The second kappa shape index (κ2) is 6.58. The number of amides is 1. The van der Waals surface area contributed by atoms with Gasteiger partial charge in [0.15, 0.2) is 0 Å². The maximum Gasteiger partial charge on any atom is 0.408 e. The number of carbonyl (C=O) groups excluding carboxylic acids is 1. The van der Waals surface area contributed by atoms with Crippen LogP contribution in [0, 0.1) is 29.0 Å². The number of carbonyl (C=O) groups is 1. The summed E-state index contributed by atoms with van der Waals surface area (Å²) < 4.78 is 18.3. The summed E-state index contributed by atoms with van der Waals surface area (Å²) in [6.45, 7) is 5.38. The van der Waals surface area contributed by atoms with Crippen molar-refractivity contribution < 1.29 is 13.9 Å². The third kappa shape index (κ3) is 5.41. The van der Waals surface area contributed by atoms with E-state index in [0.29, 0.717) is 5.56 Å². The zero-order valence-corrected chi connectivity index (χ0v) is 11.6. The fraction of sp³-hybridized carbons (Fsp3) is 0.333. The summed E-state index contributed by atoms with van der Waals surface area (Å²) in [5.74, 6) is 4.75. The van der Waals surface area contributed by atoms with Crippen LogP contribution in [0.5, 0.6) is 0 Å². The Morgan fingerprint density at radius 2 is 2.15 bits per heavy atom. The standard InChI is InChI=1S/C15H15FN2O2/c1-15(2,3)20-14(19)18-8-4-5-11-6-7-12(10-17)13(16)9-11/h6-7,9H,8H2,1-3H3,(H,18,19). The molecule has 0 unspecified atom stereocenters. The maximum absolute atomic E-state index is 13.3. The highest BCUT2D eigenvalue weighted by Gasteiger charge is 2.14. The summed E-state index contributed by atoms with van der Waals surface area (Å²) in [5, 5.41) is 11.1. The van der Waals surface area contributed by atoms with Crippen LogP contribution in [0.3, 0.4) is 0 Å². The van der Waals surface area contributed by atoms with Gasteiger partial charge in [-0.1, -0.05) is 11.8 Å². The molecule has 1 aromatic rings. The molecule has 1 aromatic carbocycles. The van der Waals surface area contributed by atoms with Gasteiger partial charge in [-0.25, -0.2) is 9.18 Å². The number of alkyl carbamates (subject to hydrolysis) is 1. The minimum absolute atomic E-state index is 0.0255. The highest BCUT2D eigenvalue weighted by Crippen LogP contribution is 2.08. The molecule has 20 heavy (non-hydrogen) atoms. The summed E-state index contributed by atoms with van der Waals surface area (Å²) in [4.78, 5) is 11.3. The molecule has 0 aromatic heterocycles. The minimum atomic E-state index is -0.612. The highest BCUT2D eigenvalue weighted by molar-refractivity contribution is 5.68. The largest absolute Gasteiger partial charge is 0.444 e. The normalized spacial score (nSPS) is 9.95. The van der Waals surface area contributed by atoms with Gasteiger partial charge in [0.2, 0.25) is 0 Å². The van der Waals surface area contributed by atoms with Crippen LogP contribution in [-0.2, 0) is 4.74 Å². The van der Waals surface area contributed by atoms with Crippen LogP contribution in [0.15, 0.2) is 18.2 Å². The topological polar surface area (TPSA) is 62.1 Å². The molecule has 5 heteroatoms. The molecule has 0 bridgehead atoms. The van der Waals surface area contributed by atoms with Crippen LogP contribution >= 0.6 is 0 Å². The van der Waals surface area contributed by atoms with Gasteiger partial charge < -0.3 is 10.1 Å². The van der Waals surface area contributed by atoms with Gasteiger partial charge in [0.25, 0.3) is 0 Å². The molecule has 1 N–H and O–H groups in total. The quantitative estimate of drug-likeness (QED) is 0.801. The summed E-state index contributed by atoms with van der Waals surface area (Å²) >= 11 is 0. The first kappa shape index (κ1) is 15.5. The first-order valence-electron chi connectivity index (χ1n) is 5.97. The average Bonchev–Trinajstić information content (AvgIpc) is 2.33. The fourth-order valence-electron chi connectivity index (χ4n) is 1.26. The van der Waals surface area contributed by atoms with Crippen molar-refractivity contribution in [3.05, 3.63) is 35.1 Å². The van der Waals surface area contributed by atoms with E-state index in [4.69, 9.17) is 10.00 Å². The van der Waals surface area contributed by atoms with Crippen molar-refractivity contribution in [2.75, 3.05) is 6.54 Å². The van der Waals surface area contributed by atoms with Gasteiger partial charge in [-0.2, -0.15) is 5.26 Å². The predicted molar refractivity (Wildman–Crippen MR) is 72.2 cm³/mol. The molecular formula is C15H15FN2O2. The lowest BCUT2D eigenvalue weighted by Gasteiger charge is -2.18. The Morgan fingerprint density at radius 1 is 1.45 bits per heavy atom. The summed E-state index contributed by atoms with van der Waals surface area (Å²) in [6, 6.07) is 5.81. The third-order valence-corrected chi connectivity index (χ3v) is 2.04.